The second-order valence-corrected chi connectivity index (χ2v) is 10.7. The molecule has 0 amide bonds. The number of hydrogen-bond acceptors (Lipinski definition) is 6. The van der Waals surface area contributed by atoms with E-state index in [2.05, 4.69) is 16.4 Å². The van der Waals surface area contributed by atoms with E-state index in [1.54, 1.807) is 53.0 Å². The normalized spacial score (nSPS) is 12.3. The van der Waals surface area contributed by atoms with E-state index in [0.717, 1.165) is 34.9 Å². The Bertz CT molecular complexity index is 1310. The molecular weight excluding hydrogens is 410 g/mol. The minimum absolute atomic E-state index is 0.241. The van der Waals surface area contributed by atoms with Crippen LogP contribution in [0.2, 0.25) is 0 Å². The first-order valence-electron chi connectivity index (χ1n) is 8.51. The zero-order valence-electron chi connectivity index (χ0n) is 15.6. The summed E-state index contributed by atoms with van der Waals surface area (Å²) in [5.41, 5.74) is 3.63. The summed E-state index contributed by atoms with van der Waals surface area (Å²) < 4.78 is 48.3. The van der Waals surface area contributed by atoms with Crippen LogP contribution in [0, 0.1) is 6.33 Å². The number of aromatic nitrogens is 3. The van der Waals surface area contributed by atoms with E-state index in [9.17, 15) is 16.8 Å². The van der Waals surface area contributed by atoms with Gasteiger partial charge in [0.15, 0.2) is 25.3 Å². The summed E-state index contributed by atoms with van der Waals surface area (Å²) in [6.45, 7) is 0. The maximum absolute atomic E-state index is 11.7. The van der Waals surface area contributed by atoms with Gasteiger partial charge in [0.25, 0.3) is 0 Å². The lowest BCUT2D eigenvalue weighted by Gasteiger charge is -2.10. The van der Waals surface area contributed by atoms with Crippen molar-refractivity contribution in [1.82, 2.24) is 14.6 Å². The molecule has 0 saturated heterocycles. The molecule has 147 valence electrons. The van der Waals surface area contributed by atoms with Crippen molar-refractivity contribution in [1.29, 1.82) is 0 Å². The molecule has 4 rings (SSSR count). The molecular formula is C20H16N3O4S2. The average Bonchev–Trinajstić information content (AvgIpc) is 3.16. The summed E-state index contributed by atoms with van der Waals surface area (Å²) in [6.07, 6.45) is 4.93. The highest BCUT2D eigenvalue weighted by atomic mass is 32.2. The molecule has 29 heavy (non-hydrogen) atoms. The quantitative estimate of drug-likeness (QED) is 0.498. The first-order chi connectivity index (χ1) is 13.6. The molecule has 0 bridgehead atoms. The highest BCUT2D eigenvalue weighted by Crippen LogP contribution is 2.29. The standard InChI is InChI=1S/C20H16N3O4S2/c1-28(24,25)16-7-3-14(4-8-16)18-11-12-19(23-20(18)21-13-22-23)15-5-9-17(10-6-15)29(2,26)27/h3-12H,1-2H3. The number of pyridine rings is 1. The Morgan fingerprint density at radius 3 is 1.76 bits per heavy atom. The average molecular weight is 426 g/mol. The maximum atomic E-state index is 11.7. The van der Waals surface area contributed by atoms with Crippen LogP contribution < -0.4 is 0 Å². The Morgan fingerprint density at radius 1 is 0.724 bits per heavy atom. The lowest BCUT2D eigenvalue weighted by Crippen LogP contribution is -1.99. The van der Waals surface area contributed by atoms with Gasteiger partial charge in [-0.2, -0.15) is 0 Å². The number of nitrogens with zero attached hydrogens (tertiary/aromatic N) is 3. The van der Waals surface area contributed by atoms with Crippen molar-refractivity contribution in [2.24, 2.45) is 0 Å². The van der Waals surface area contributed by atoms with Crippen molar-refractivity contribution < 1.29 is 16.8 Å². The molecule has 2 aromatic heterocycles. The largest absolute Gasteiger partial charge is 0.224 e. The van der Waals surface area contributed by atoms with Crippen molar-refractivity contribution in [3.63, 3.8) is 0 Å². The van der Waals surface area contributed by atoms with Gasteiger partial charge >= 0.3 is 0 Å². The molecule has 0 atom stereocenters. The van der Waals surface area contributed by atoms with Crippen LogP contribution in [0.25, 0.3) is 28.0 Å². The monoisotopic (exact) mass is 426 g/mol. The van der Waals surface area contributed by atoms with Crippen LogP contribution in [0.15, 0.2) is 70.5 Å². The van der Waals surface area contributed by atoms with E-state index in [1.807, 2.05) is 12.1 Å². The molecule has 1 radical (unpaired) electrons. The Hall–Kier alpha value is -3.04. The minimum atomic E-state index is -3.27. The van der Waals surface area contributed by atoms with Crippen LogP contribution in [0.3, 0.4) is 0 Å². The van der Waals surface area contributed by atoms with E-state index >= 15 is 0 Å². The van der Waals surface area contributed by atoms with Crippen molar-refractivity contribution in [2.45, 2.75) is 9.79 Å². The van der Waals surface area contributed by atoms with Crippen LogP contribution in [0.5, 0.6) is 0 Å². The molecule has 0 aliphatic heterocycles. The Balaban J connectivity index is 1.80. The predicted octanol–water partition coefficient (Wildman–Crippen LogP) is 2.67. The van der Waals surface area contributed by atoms with Gasteiger partial charge in [-0.05, 0) is 42.0 Å². The lowest BCUT2D eigenvalue weighted by molar-refractivity contribution is 0.600. The van der Waals surface area contributed by atoms with E-state index in [0.29, 0.717) is 5.65 Å². The zero-order chi connectivity index (χ0) is 20.8. The smallest absolute Gasteiger partial charge is 0.221 e. The molecule has 0 unspecified atom stereocenters. The van der Waals surface area contributed by atoms with Gasteiger partial charge in [-0.25, -0.2) is 26.3 Å². The number of benzene rings is 2. The number of sulfone groups is 2. The van der Waals surface area contributed by atoms with Crippen LogP contribution in [-0.4, -0.2) is 43.9 Å². The molecule has 4 aromatic rings. The Kier molecular flexibility index (Phi) is 4.51. The van der Waals surface area contributed by atoms with Gasteiger partial charge in [-0.3, -0.25) is 0 Å². The molecule has 0 aliphatic rings. The minimum Gasteiger partial charge on any atom is -0.224 e. The second kappa shape index (κ2) is 6.78. The van der Waals surface area contributed by atoms with Crippen molar-refractivity contribution in [3.05, 3.63) is 67.0 Å². The van der Waals surface area contributed by atoms with Crippen molar-refractivity contribution in [3.8, 4) is 22.4 Å². The summed E-state index contributed by atoms with van der Waals surface area (Å²) in [5.74, 6) is 0. The molecule has 0 aliphatic carbocycles. The summed E-state index contributed by atoms with van der Waals surface area (Å²) >= 11 is 0. The van der Waals surface area contributed by atoms with Gasteiger partial charge in [-0.1, -0.05) is 24.3 Å². The van der Waals surface area contributed by atoms with Gasteiger partial charge in [0.05, 0.1) is 15.5 Å². The second-order valence-electron chi connectivity index (χ2n) is 6.67. The summed E-state index contributed by atoms with van der Waals surface area (Å²) in [4.78, 5) is 4.71. The molecule has 2 heterocycles. The van der Waals surface area contributed by atoms with Gasteiger partial charge in [0, 0.05) is 23.6 Å². The molecule has 0 spiro atoms. The zero-order valence-corrected chi connectivity index (χ0v) is 17.2. The lowest BCUT2D eigenvalue weighted by atomic mass is 10.0. The van der Waals surface area contributed by atoms with Gasteiger partial charge in [0.1, 0.15) is 0 Å². The molecule has 7 nitrogen and oxygen atoms in total. The van der Waals surface area contributed by atoms with E-state index < -0.39 is 19.7 Å². The highest BCUT2D eigenvalue weighted by Gasteiger charge is 2.14. The first-order valence-corrected chi connectivity index (χ1v) is 12.3. The van der Waals surface area contributed by atoms with Crippen molar-refractivity contribution in [2.75, 3.05) is 12.5 Å². The van der Waals surface area contributed by atoms with E-state index in [4.69, 9.17) is 0 Å². The fraction of sp³-hybridized carbons (Fsp3) is 0.100. The molecule has 0 N–H and O–H groups in total. The fourth-order valence-corrected chi connectivity index (χ4v) is 4.32. The van der Waals surface area contributed by atoms with Gasteiger partial charge in [0.2, 0.25) is 6.33 Å². The predicted molar refractivity (Wildman–Crippen MR) is 109 cm³/mol. The Labute approximate surface area is 168 Å². The number of rotatable bonds is 4. The third kappa shape index (κ3) is 3.66. The van der Waals surface area contributed by atoms with E-state index in [1.165, 1.54) is 0 Å². The SMILES string of the molecule is CS(=O)(=O)c1ccc(-c2ccc(-c3ccc(S(C)(=O)=O)cc3)n3n[c]nc23)cc1. The highest BCUT2D eigenvalue weighted by molar-refractivity contribution is 7.91. The van der Waals surface area contributed by atoms with Gasteiger partial charge in [-0.15, -0.1) is 5.10 Å². The topological polar surface area (TPSA) is 98.5 Å². The molecule has 0 saturated carbocycles. The Morgan fingerprint density at radius 2 is 1.24 bits per heavy atom. The third-order valence-corrected chi connectivity index (χ3v) is 6.81. The van der Waals surface area contributed by atoms with Crippen LogP contribution in [0.1, 0.15) is 0 Å². The van der Waals surface area contributed by atoms with Crippen molar-refractivity contribution >= 4 is 25.3 Å². The van der Waals surface area contributed by atoms with Crippen LogP contribution in [-0.2, 0) is 19.7 Å². The van der Waals surface area contributed by atoms with E-state index in [-0.39, 0.29) is 9.79 Å². The summed E-state index contributed by atoms with van der Waals surface area (Å²) in [6, 6.07) is 16.8. The third-order valence-electron chi connectivity index (χ3n) is 4.55. The fourth-order valence-electron chi connectivity index (χ4n) is 3.06. The number of hydrogen-bond donors (Lipinski definition) is 0. The van der Waals surface area contributed by atoms with Crippen LogP contribution in [0.4, 0.5) is 0 Å². The number of fused-ring (bicyclic) bond motifs is 1. The maximum Gasteiger partial charge on any atom is 0.221 e. The molecule has 9 heteroatoms. The summed E-state index contributed by atoms with van der Waals surface area (Å²) in [5, 5.41) is 4.18. The van der Waals surface area contributed by atoms with Gasteiger partial charge < -0.3 is 0 Å². The summed E-state index contributed by atoms with van der Waals surface area (Å²) in [7, 11) is -6.55. The molecule has 2 aromatic carbocycles. The molecule has 0 fully saturated rings. The first kappa shape index (κ1) is 19.3. The van der Waals surface area contributed by atoms with Crippen LogP contribution >= 0.6 is 0 Å².